The predicted octanol–water partition coefficient (Wildman–Crippen LogP) is 1.50. The normalized spacial score (nSPS) is 14.1. The van der Waals surface area contributed by atoms with Crippen LogP contribution in [0.5, 0.6) is 0 Å². The Morgan fingerprint density at radius 2 is 2.29 bits per heavy atom. The van der Waals surface area contributed by atoms with Gasteiger partial charge in [-0.15, -0.1) is 0 Å². The molecule has 0 saturated carbocycles. The highest BCUT2D eigenvalue weighted by atomic mass is 14.8. The highest BCUT2D eigenvalue weighted by molar-refractivity contribution is 5.51. The molecular weight excluding hydrogens is 172 g/mol. The monoisotopic (exact) mass is 190 g/mol. The molecule has 14 heavy (non-hydrogen) atoms. The summed E-state index contributed by atoms with van der Waals surface area (Å²) in [7, 11) is 1.94. The highest BCUT2D eigenvalue weighted by Gasteiger charge is 1.96. The van der Waals surface area contributed by atoms with E-state index in [4.69, 9.17) is 0 Å². The minimum atomic E-state index is 1.04. The number of hydrogen-bond donors (Lipinski definition) is 1. The largest absolute Gasteiger partial charge is 0.388 e. The summed E-state index contributed by atoms with van der Waals surface area (Å²) in [6.07, 6.45) is 5.00. The zero-order valence-corrected chi connectivity index (χ0v) is 9.39. The van der Waals surface area contributed by atoms with Crippen molar-refractivity contribution in [2.75, 3.05) is 12.4 Å². The van der Waals surface area contributed by atoms with Crippen molar-refractivity contribution in [2.24, 2.45) is 0 Å². The van der Waals surface area contributed by atoms with E-state index < -0.39 is 0 Å². The molecule has 2 heteroatoms. The molecule has 1 heterocycles. The van der Waals surface area contributed by atoms with Gasteiger partial charge in [-0.1, -0.05) is 13.0 Å². The molecular formula is C12H18N2. The average Bonchev–Trinajstić information content (AvgIpc) is 2.26. The zero-order valence-electron chi connectivity index (χ0n) is 9.39. The summed E-state index contributed by atoms with van der Waals surface area (Å²) in [6, 6.07) is 2.00. The van der Waals surface area contributed by atoms with Gasteiger partial charge in [0.25, 0.3) is 0 Å². The second kappa shape index (κ2) is 4.80. The molecule has 0 spiro atoms. The molecule has 0 aromatic carbocycles. The van der Waals surface area contributed by atoms with E-state index in [1.807, 2.05) is 26.2 Å². The first-order chi connectivity index (χ1) is 6.74. The second-order valence-corrected chi connectivity index (χ2v) is 3.29. The van der Waals surface area contributed by atoms with E-state index in [1.165, 1.54) is 10.8 Å². The van der Waals surface area contributed by atoms with Crippen molar-refractivity contribution in [3.63, 3.8) is 0 Å². The van der Waals surface area contributed by atoms with Crippen LogP contribution in [0.2, 0.25) is 0 Å². The second-order valence-electron chi connectivity index (χ2n) is 3.29. The number of nitrogens with zero attached hydrogens (tertiary/aromatic N) is 1. The van der Waals surface area contributed by atoms with Crippen LogP contribution in [0.25, 0.3) is 11.6 Å². The van der Waals surface area contributed by atoms with E-state index in [0.717, 1.165) is 17.5 Å². The number of aromatic nitrogens is 1. The Labute approximate surface area is 85.4 Å². The Morgan fingerprint density at radius 3 is 2.79 bits per heavy atom. The van der Waals surface area contributed by atoms with Gasteiger partial charge in [0.05, 0.1) is 5.35 Å². The van der Waals surface area contributed by atoms with Gasteiger partial charge in [-0.2, -0.15) is 0 Å². The van der Waals surface area contributed by atoms with Gasteiger partial charge in [-0.25, -0.2) is 0 Å². The van der Waals surface area contributed by atoms with Crippen LogP contribution in [0.1, 0.15) is 27.2 Å². The van der Waals surface area contributed by atoms with Gasteiger partial charge in [0.15, 0.2) is 0 Å². The summed E-state index contributed by atoms with van der Waals surface area (Å²) >= 11 is 0. The number of pyridine rings is 1. The fourth-order valence-electron chi connectivity index (χ4n) is 1.49. The molecule has 0 aliphatic heterocycles. The van der Waals surface area contributed by atoms with Gasteiger partial charge >= 0.3 is 0 Å². The van der Waals surface area contributed by atoms with E-state index in [2.05, 4.69) is 30.2 Å². The molecule has 0 amide bonds. The minimum absolute atomic E-state index is 1.04. The van der Waals surface area contributed by atoms with Crippen molar-refractivity contribution in [2.45, 2.75) is 27.2 Å². The van der Waals surface area contributed by atoms with E-state index >= 15 is 0 Å². The van der Waals surface area contributed by atoms with Crippen molar-refractivity contribution in [1.29, 1.82) is 0 Å². The Kier molecular flexibility index (Phi) is 3.69. The molecule has 0 aliphatic carbocycles. The van der Waals surface area contributed by atoms with Crippen molar-refractivity contribution in [3.8, 4) is 0 Å². The third-order valence-electron chi connectivity index (χ3n) is 2.48. The lowest BCUT2D eigenvalue weighted by molar-refractivity contribution is 1.13. The number of hydrogen-bond acceptors (Lipinski definition) is 2. The van der Waals surface area contributed by atoms with Crippen LogP contribution in [-0.4, -0.2) is 12.0 Å². The number of anilines is 1. The number of rotatable bonds is 2. The summed E-state index contributed by atoms with van der Waals surface area (Å²) in [5, 5.41) is 5.50. The summed E-state index contributed by atoms with van der Waals surface area (Å²) < 4.78 is 0. The lowest BCUT2D eigenvalue weighted by Crippen LogP contribution is -2.31. The molecule has 0 atom stereocenters. The maximum absolute atomic E-state index is 4.42. The van der Waals surface area contributed by atoms with Gasteiger partial charge < -0.3 is 5.32 Å². The van der Waals surface area contributed by atoms with Crippen LogP contribution in [0, 0.1) is 0 Å². The first kappa shape index (κ1) is 10.8. The van der Waals surface area contributed by atoms with Crippen molar-refractivity contribution >= 4 is 17.3 Å². The summed E-state index contributed by atoms with van der Waals surface area (Å²) in [5.74, 6) is 0. The standard InChI is InChI=1S/C12H18N2/c1-5-9(3)12-10(6-2)11(13-4)7-8-14-12/h6-8,13H,5H2,1-4H3. The van der Waals surface area contributed by atoms with E-state index in [1.54, 1.807) is 0 Å². The molecule has 1 aromatic rings. The van der Waals surface area contributed by atoms with E-state index in [0.29, 0.717) is 0 Å². The quantitative estimate of drug-likeness (QED) is 0.764. The van der Waals surface area contributed by atoms with Gasteiger partial charge in [-0.05, 0) is 31.9 Å². The number of nitrogens with one attached hydrogen (secondary N) is 1. The lowest BCUT2D eigenvalue weighted by Gasteiger charge is -2.03. The van der Waals surface area contributed by atoms with Crippen LogP contribution >= 0.6 is 0 Å². The Morgan fingerprint density at radius 1 is 1.57 bits per heavy atom. The highest BCUT2D eigenvalue weighted by Crippen LogP contribution is 1.96. The molecule has 76 valence electrons. The molecule has 0 radical (unpaired) electrons. The molecule has 1 aromatic heterocycles. The van der Waals surface area contributed by atoms with Gasteiger partial charge in [0.1, 0.15) is 0 Å². The Bertz CT molecular complexity index is 418. The van der Waals surface area contributed by atoms with Crippen LogP contribution < -0.4 is 15.9 Å². The van der Waals surface area contributed by atoms with Gasteiger partial charge in [-0.3, -0.25) is 4.98 Å². The summed E-state index contributed by atoms with van der Waals surface area (Å²) in [4.78, 5) is 4.42. The Hall–Kier alpha value is -1.31. The molecule has 2 nitrogen and oxygen atoms in total. The van der Waals surface area contributed by atoms with Crippen molar-refractivity contribution < 1.29 is 0 Å². The first-order valence-corrected chi connectivity index (χ1v) is 5.03. The first-order valence-electron chi connectivity index (χ1n) is 5.03. The lowest BCUT2D eigenvalue weighted by atomic mass is 10.1. The molecule has 0 aliphatic rings. The van der Waals surface area contributed by atoms with Crippen LogP contribution in [0.4, 0.5) is 5.69 Å². The van der Waals surface area contributed by atoms with Crippen molar-refractivity contribution in [3.05, 3.63) is 22.8 Å². The van der Waals surface area contributed by atoms with Crippen LogP contribution in [-0.2, 0) is 0 Å². The fourth-order valence-corrected chi connectivity index (χ4v) is 1.49. The minimum Gasteiger partial charge on any atom is -0.388 e. The summed E-state index contributed by atoms with van der Waals surface area (Å²) in [6.45, 7) is 6.33. The van der Waals surface area contributed by atoms with E-state index in [9.17, 15) is 0 Å². The molecule has 0 unspecified atom stereocenters. The third kappa shape index (κ3) is 1.95. The van der Waals surface area contributed by atoms with E-state index in [-0.39, 0.29) is 0 Å². The zero-order chi connectivity index (χ0) is 10.6. The maximum atomic E-state index is 4.42. The topological polar surface area (TPSA) is 24.9 Å². The molecule has 0 bridgehead atoms. The van der Waals surface area contributed by atoms with Gasteiger partial charge in [0, 0.05) is 24.2 Å². The molecule has 1 rings (SSSR count). The SMILES string of the molecule is CC=c1c(NC)ccnc1=C(C)CC. The smallest absolute Gasteiger partial charge is 0.0708 e. The molecule has 0 fully saturated rings. The predicted molar refractivity (Wildman–Crippen MR) is 62.5 cm³/mol. The maximum Gasteiger partial charge on any atom is 0.0708 e. The van der Waals surface area contributed by atoms with Crippen LogP contribution in [0.15, 0.2) is 12.3 Å². The van der Waals surface area contributed by atoms with Gasteiger partial charge in [0.2, 0.25) is 0 Å². The average molecular weight is 190 g/mol. The summed E-state index contributed by atoms with van der Waals surface area (Å²) in [5.41, 5.74) is 2.47. The third-order valence-corrected chi connectivity index (χ3v) is 2.48. The van der Waals surface area contributed by atoms with Crippen molar-refractivity contribution in [1.82, 2.24) is 4.98 Å². The Balaban J connectivity index is 3.63. The van der Waals surface area contributed by atoms with Crippen LogP contribution in [0.3, 0.4) is 0 Å². The molecule has 1 N–H and O–H groups in total. The fraction of sp³-hybridized carbons (Fsp3) is 0.417. The molecule has 0 saturated heterocycles.